The molecule has 0 spiro atoms. The zero-order valence-electron chi connectivity index (χ0n) is 10.3. The molecule has 0 aliphatic heterocycles. The summed E-state index contributed by atoms with van der Waals surface area (Å²) in [4.78, 5) is 4.24. The smallest absolute Gasteiger partial charge is 0.157 e. The Kier molecular flexibility index (Phi) is 3.80. The van der Waals surface area contributed by atoms with Crippen molar-refractivity contribution in [1.82, 2.24) is 19.3 Å². The van der Waals surface area contributed by atoms with Crippen molar-refractivity contribution in [2.75, 3.05) is 6.61 Å². The summed E-state index contributed by atoms with van der Waals surface area (Å²) in [5.41, 5.74) is 0. The van der Waals surface area contributed by atoms with E-state index in [1.807, 2.05) is 28.7 Å². The number of nitrogens with zero attached hydrogens (tertiary/aromatic N) is 4. The summed E-state index contributed by atoms with van der Waals surface area (Å²) >= 11 is 0. The van der Waals surface area contributed by atoms with Gasteiger partial charge in [-0.2, -0.15) is 5.10 Å². The molecule has 5 nitrogen and oxygen atoms in total. The summed E-state index contributed by atoms with van der Waals surface area (Å²) in [5, 5.41) is 4.21. The van der Waals surface area contributed by atoms with E-state index < -0.39 is 0 Å². The predicted molar refractivity (Wildman–Crippen MR) is 64.9 cm³/mol. The Balaban J connectivity index is 1.80. The van der Waals surface area contributed by atoms with Crippen molar-refractivity contribution in [2.24, 2.45) is 7.05 Å². The average molecular weight is 234 g/mol. The lowest BCUT2D eigenvalue weighted by atomic mass is 10.4. The third-order valence-electron chi connectivity index (χ3n) is 2.58. The van der Waals surface area contributed by atoms with Crippen molar-refractivity contribution >= 4 is 0 Å². The Morgan fingerprint density at radius 2 is 2.29 bits per heavy atom. The number of hydrogen-bond acceptors (Lipinski definition) is 3. The van der Waals surface area contributed by atoms with Gasteiger partial charge in [0.2, 0.25) is 0 Å². The van der Waals surface area contributed by atoms with Crippen LogP contribution in [-0.2, 0) is 20.0 Å². The van der Waals surface area contributed by atoms with Crippen LogP contribution in [0.5, 0.6) is 5.75 Å². The molecule has 0 aliphatic rings. The minimum absolute atomic E-state index is 0.628. The van der Waals surface area contributed by atoms with Crippen LogP contribution in [-0.4, -0.2) is 25.9 Å². The van der Waals surface area contributed by atoms with Crippen LogP contribution in [0, 0.1) is 0 Å². The van der Waals surface area contributed by atoms with Crippen molar-refractivity contribution in [3.05, 3.63) is 30.6 Å². The van der Waals surface area contributed by atoms with E-state index in [-0.39, 0.29) is 0 Å². The first-order valence-corrected chi connectivity index (χ1v) is 5.91. The first-order valence-electron chi connectivity index (χ1n) is 5.91. The molecule has 0 bridgehead atoms. The zero-order chi connectivity index (χ0) is 12.1. The second-order valence-electron chi connectivity index (χ2n) is 3.99. The summed E-state index contributed by atoms with van der Waals surface area (Å²) in [5.74, 6) is 1.86. The van der Waals surface area contributed by atoms with E-state index in [2.05, 4.69) is 17.0 Å². The predicted octanol–water partition coefficient (Wildman–Crippen LogP) is 1.65. The van der Waals surface area contributed by atoms with Crippen molar-refractivity contribution in [3.8, 4) is 5.75 Å². The van der Waals surface area contributed by atoms with Gasteiger partial charge in [-0.15, -0.1) is 0 Å². The molecule has 17 heavy (non-hydrogen) atoms. The van der Waals surface area contributed by atoms with Gasteiger partial charge in [0.15, 0.2) is 5.75 Å². The lowest BCUT2D eigenvalue weighted by Crippen LogP contribution is -2.05. The summed E-state index contributed by atoms with van der Waals surface area (Å²) in [7, 11) is 1.99. The van der Waals surface area contributed by atoms with Crippen LogP contribution in [0.25, 0.3) is 0 Å². The summed E-state index contributed by atoms with van der Waals surface area (Å²) in [6.07, 6.45) is 9.32. The van der Waals surface area contributed by atoms with Gasteiger partial charge in [-0.25, -0.2) is 4.98 Å². The second kappa shape index (κ2) is 5.52. The van der Waals surface area contributed by atoms with Crippen LogP contribution in [0.4, 0.5) is 0 Å². The fraction of sp³-hybridized carbons (Fsp3) is 0.500. The third kappa shape index (κ3) is 3.09. The zero-order valence-corrected chi connectivity index (χ0v) is 10.3. The SMILES string of the molecule is CCCn1cc(OCCc2nccn2C)cn1. The Morgan fingerprint density at radius 1 is 1.41 bits per heavy atom. The van der Waals surface area contributed by atoms with E-state index in [4.69, 9.17) is 4.74 Å². The van der Waals surface area contributed by atoms with Crippen LogP contribution in [0.3, 0.4) is 0 Å². The first-order chi connectivity index (χ1) is 8.29. The number of rotatable bonds is 6. The highest BCUT2D eigenvalue weighted by molar-refractivity contribution is 5.11. The number of imidazole rings is 1. The summed E-state index contributed by atoms with van der Waals surface area (Å²) < 4.78 is 9.53. The normalized spacial score (nSPS) is 10.7. The number of hydrogen-bond donors (Lipinski definition) is 0. The van der Waals surface area contributed by atoms with Gasteiger partial charge in [0.25, 0.3) is 0 Å². The minimum Gasteiger partial charge on any atom is -0.490 e. The fourth-order valence-corrected chi connectivity index (χ4v) is 1.67. The Morgan fingerprint density at radius 3 is 3.00 bits per heavy atom. The van der Waals surface area contributed by atoms with Gasteiger partial charge in [-0.05, 0) is 6.42 Å². The van der Waals surface area contributed by atoms with Gasteiger partial charge >= 0.3 is 0 Å². The molecule has 2 rings (SSSR count). The van der Waals surface area contributed by atoms with Crippen molar-refractivity contribution in [3.63, 3.8) is 0 Å². The van der Waals surface area contributed by atoms with Gasteiger partial charge in [-0.3, -0.25) is 4.68 Å². The molecular weight excluding hydrogens is 216 g/mol. The lowest BCUT2D eigenvalue weighted by Gasteiger charge is -2.03. The minimum atomic E-state index is 0.628. The highest BCUT2D eigenvalue weighted by Crippen LogP contribution is 2.09. The lowest BCUT2D eigenvalue weighted by molar-refractivity contribution is 0.317. The van der Waals surface area contributed by atoms with Crippen molar-refractivity contribution in [2.45, 2.75) is 26.3 Å². The maximum absolute atomic E-state index is 5.62. The van der Waals surface area contributed by atoms with E-state index in [0.29, 0.717) is 6.61 Å². The number of aryl methyl sites for hydroxylation is 2. The van der Waals surface area contributed by atoms with E-state index in [9.17, 15) is 0 Å². The van der Waals surface area contributed by atoms with Crippen molar-refractivity contribution < 1.29 is 4.74 Å². The molecule has 0 radical (unpaired) electrons. The molecule has 2 aromatic rings. The fourth-order valence-electron chi connectivity index (χ4n) is 1.67. The van der Waals surface area contributed by atoms with E-state index in [1.165, 1.54) is 0 Å². The quantitative estimate of drug-likeness (QED) is 0.763. The molecule has 2 aromatic heterocycles. The van der Waals surface area contributed by atoms with E-state index >= 15 is 0 Å². The first kappa shape index (κ1) is 11.7. The topological polar surface area (TPSA) is 44.9 Å². The second-order valence-corrected chi connectivity index (χ2v) is 3.99. The Labute approximate surface area is 101 Å². The molecule has 0 N–H and O–H groups in total. The molecule has 0 unspecified atom stereocenters. The molecule has 5 heteroatoms. The van der Waals surface area contributed by atoms with Gasteiger partial charge in [0.05, 0.1) is 19.0 Å². The highest BCUT2D eigenvalue weighted by atomic mass is 16.5. The molecule has 0 aliphatic carbocycles. The Hall–Kier alpha value is -1.78. The molecule has 0 amide bonds. The summed E-state index contributed by atoms with van der Waals surface area (Å²) in [6.45, 7) is 3.69. The van der Waals surface area contributed by atoms with Gasteiger partial charge in [-0.1, -0.05) is 6.92 Å². The van der Waals surface area contributed by atoms with Crippen LogP contribution >= 0.6 is 0 Å². The maximum Gasteiger partial charge on any atom is 0.157 e. The Bertz CT molecular complexity index is 461. The molecular formula is C12H18N4O. The average Bonchev–Trinajstić information content (AvgIpc) is 2.90. The van der Waals surface area contributed by atoms with Gasteiger partial charge in [0, 0.05) is 32.4 Å². The van der Waals surface area contributed by atoms with Gasteiger partial charge < -0.3 is 9.30 Å². The monoisotopic (exact) mass is 234 g/mol. The molecule has 0 fully saturated rings. The van der Waals surface area contributed by atoms with Crippen LogP contribution in [0.2, 0.25) is 0 Å². The van der Waals surface area contributed by atoms with Gasteiger partial charge in [0.1, 0.15) is 5.82 Å². The van der Waals surface area contributed by atoms with E-state index in [1.54, 1.807) is 12.4 Å². The third-order valence-corrected chi connectivity index (χ3v) is 2.58. The van der Waals surface area contributed by atoms with Crippen molar-refractivity contribution in [1.29, 1.82) is 0 Å². The van der Waals surface area contributed by atoms with Crippen LogP contribution in [0.1, 0.15) is 19.2 Å². The molecule has 2 heterocycles. The number of aromatic nitrogens is 4. The summed E-state index contributed by atoms with van der Waals surface area (Å²) in [6, 6.07) is 0. The molecule has 0 aromatic carbocycles. The molecule has 0 atom stereocenters. The molecule has 92 valence electrons. The number of ether oxygens (including phenoxy) is 1. The van der Waals surface area contributed by atoms with Crippen LogP contribution < -0.4 is 4.74 Å². The standard InChI is InChI=1S/C12H18N4O/c1-3-6-16-10-11(9-14-16)17-8-4-12-13-5-7-15(12)2/h5,7,9-10H,3-4,6,8H2,1-2H3. The van der Waals surface area contributed by atoms with Crippen LogP contribution in [0.15, 0.2) is 24.8 Å². The highest BCUT2D eigenvalue weighted by Gasteiger charge is 2.01. The molecule has 0 saturated heterocycles. The maximum atomic E-state index is 5.62. The van der Waals surface area contributed by atoms with E-state index in [0.717, 1.165) is 31.0 Å². The largest absolute Gasteiger partial charge is 0.490 e. The molecule has 0 saturated carbocycles.